The lowest BCUT2D eigenvalue weighted by molar-refractivity contribution is -0.139. The van der Waals surface area contributed by atoms with Gasteiger partial charge in [0.2, 0.25) is 5.88 Å². The Morgan fingerprint density at radius 1 is 1.35 bits per heavy atom. The summed E-state index contributed by atoms with van der Waals surface area (Å²) in [6.07, 6.45) is -4.00. The maximum atomic E-state index is 13.2. The number of carbonyl (C=O) groups is 1. The molecule has 1 aromatic carbocycles. The predicted molar refractivity (Wildman–Crippen MR) is 85.2 cm³/mol. The van der Waals surface area contributed by atoms with Gasteiger partial charge < -0.3 is 19.9 Å². The van der Waals surface area contributed by atoms with E-state index in [-0.39, 0.29) is 5.56 Å². The molecule has 3 rings (SSSR count). The van der Waals surface area contributed by atoms with Crippen LogP contribution in [-0.2, 0) is 6.18 Å². The fourth-order valence-electron chi connectivity index (χ4n) is 2.84. The average Bonchev–Trinajstić information content (AvgIpc) is 2.60. The van der Waals surface area contributed by atoms with Gasteiger partial charge in [-0.05, 0) is 17.7 Å². The molecule has 0 saturated carbocycles. The van der Waals surface area contributed by atoms with Crippen LogP contribution >= 0.6 is 0 Å². The van der Waals surface area contributed by atoms with Gasteiger partial charge in [-0.15, -0.1) is 0 Å². The van der Waals surface area contributed by atoms with Crippen LogP contribution in [0.15, 0.2) is 30.5 Å². The van der Waals surface area contributed by atoms with Gasteiger partial charge >= 0.3 is 12.3 Å². The smallest absolute Gasteiger partial charge is 0.421 e. The second-order valence-corrected chi connectivity index (χ2v) is 5.67. The summed E-state index contributed by atoms with van der Waals surface area (Å²) in [4.78, 5) is 14.6. The van der Waals surface area contributed by atoms with Gasteiger partial charge in [0.25, 0.3) is 0 Å². The van der Waals surface area contributed by atoms with Crippen LogP contribution in [0.25, 0.3) is 11.1 Å². The van der Waals surface area contributed by atoms with Crippen molar-refractivity contribution in [2.75, 3.05) is 13.7 Å². The van der Waals surface area contributed by atoms with E-state index in [1.54, 1.807) is 18.2 Å². The number of pyridine rings is 1. The summed E-state index contributed by atoms with van der Waals surface area (Å²) in [7, 11) is 1.12. The Balaban J connectivity index is 2.00. The summed E-state index contributed by atoms with van der Waals surface area (Å²) in [6.45, 7) is 0.302. The highest BCUT2D eigenvalue weighted by Gasteiger charge is 2.35. The number of nitrogens with one attached hydrogen (secondary N) is 1. The minimum Gasteiger partial charge on any atom is -0.493 e. The highest BCUT2D eigenvalue weighted by molar-refractivity contribution is 5.69. The van der Waals surface area contributed by atoms with E-state index in [4.69, 9.17) is 9.84 Å². The first-order valence-electron chi connectivity index (χ1n) is 7.67. The van der Waals surface area contributed by atoms with Gasteiger partial charge in [-0.25, -0.2) is 9.78 Å². The van der Waals surface area contributed by atoms with Gasteiger partial charge in [0.05, 0.1) is 19.8 Å². The summed E-state index contributed by atoms with van der Waals surface area (Å²) in [5, 5.41) is 11.3. The molecular formula is C17H15F3N2O4. The van der Waals surface area contributed by atoms with Crippen LogP contribution in [-0.4, -0.2) is 29.9 Å². The van der Waals surface area contributed by atoms with E-state index in [1.807, 2.05) is 0 Å². The molecule has 1 atom stereocenters. The van der Waals surface area contributed by atoms with Gasteiger partial charge in [0.1, 0.15) is 11.3 Å². The maximum Gasteiger partial charge on any atom is 0.421 e. The van der Waals surface area contributed by atoms with Crippen molar-refractivity contribution in [1.82, 2.24) is 10.3 Å². The van der Waals surface area contributed by atoms with Crippen LogP contribution < -0.4 is 14.8 Å². The van der Waals surface area contributed by atoms with E-state index >= 15 is 0 Å². The van der Waals surface area contributed by atoms with Crippen LogP contribution in [0, 0.1) is 0 Å². The number of hydrogen-bond acceptors (Lipinski definition) is 4. The number of nitrogens with zero attached hydrogens (tertiary/aromatic N) is 1. The van der Waals surface area contributed by atoms with Crippen molar-refractivity contribution in [2.24, 2.45) is 0 Å². The molecule has 9 heteroatoms. The maximum absolute atomic E-state index is 13.2. The van der Waals surface area contributed by atoms with Crippen LogP contribution in [0.1, 0.15) is 23.6 Å². The van der Waals surface area contributed by atoms with E-state index in [0.717, 1.165) is 13.2 Å². The molecule has 26 heavy (non-hydrogen) atoms. The Morgan fingerprint density at radius 2 is 2.12 bits per heavy atom. The highest BCUT2D eigenvalue weighted by atomic mass is 19.4. The zero-order valence-corrected chi connectivity index (χ0v) is 13.6. The Morgan fingerprint density at radius 3 is 2.77 bits per heavy atom. The Labute approximate surface area is 146 Å². The standard InChI is InChI=1S/C17H15F3N2O4/c1-25-15-12(17(18,19)20)6-10(8-21-15)9-2-3-11-13(22-16(23)24)4-5-26-14(11)7-9/h2-3,6-8,13,22H,4-5H2,1H3,(H,23,24). The average molecular weight is 368 g/mol. The van der Waals surface area contributed by atoms with Crippen LogP contribution in [0.4, 0.5) is 18.0 Å². The Hall–Kier alpha value is -2.97. The third kappa shape index (κ3) is 3.51. The van der Waals surface area contributed by atoms with E-state index < -0.39 is 29.8 Å². The summed E-state index contributed by atoms with van der Waals surface area (Å²) < 4.78 is 49.7. The predicted octanol–water partition coefficient (Wildman–Crippen LogP) is 3.87. The second-order valence-electron chi connectivity index (χ2n) is 5.67. The van der Waals surface area contributed by atoms with Crippen molar-refractivity contribution in [3.63, 3.8) is 0 Å². The van der Waals surface area contributed by atoms with Gasteiger partial charge in [0, 0.05) is 23.7 Å². The van der Waals surface area contributed by atoms with E-state index in [2.05, 4.69) is 15.0 Å². The lowest BCUT2D eigenvalue weighted by Gasteiger charge is -2.26. The number of alkyl halides is 3. The first-order valence-corrected chi connectivity index (χ1v) is 7.67. The largest absolute Gasteiger partial charge is 0.493 e. The molecule has 0 saturated heterocycles. The number of benzene rings is 1. The van der Waals surface area contributed by atoms with Gasteiger partial charge in [-0.1, -0.05) is 12.1 Å². The summed E-state index contributed by atoms with van der Waals surface area (Å²) in [5.41, 5.74) is 0.389. The van der Waals surface area contributed by atoms with E-state index in [1.165, 1.54) is 6.20 Å². The molecule has 0 bridgehead atoms. The zero-order valence-electron chi connectivity index (χ0n) is 13.6. The number of amides is 1. The topological polar surface area (TPSA) is 80.7 Å². The Bertz CT molecular complexity index is 839. The normalized spacial score (nSPS) is 16.4. The fourth-order valence-corrected chi connectivity index (χ4v) is 2.84. The number of halogens is 3. The third-order valence-corrected chi connectivity index (χ3v) is 4.03. The molecule has 2 heterocycles. The first kappa shape index (κ1) is 17.8. The molecular weight excluding hydrogens is 353 g/mol. The summed E-state index contributed by atoms with van der Waals surface area (Å²) in [6, 6.07) is 5.36. The number of methoxy groups -OCH3 is 1. The van der Waals surface area contributed by atoms with Gasteiger partial charge in [-0.3, -0.25) is 0 Å². The van der Waals surface area contributed by atoms with Crippen LogP contribution in [0.3, 0.4) is 0 Å². The highest BCUT2D eigenvalue weighted by Crippen LogP contribution is 2.39. The van der Waals surface area contributed by atoms with Crippen molar-refractivity contribution in [2.45, 2.75) is 18.6 Å². The third-order valence-electron chi connectivity index (χ3n) is 4.03. The molecule has 2 aromatic rings. The molecule has 138 valence electrons. The molecule has 1 unspecified atom stereocenters. The van der Waals surface area contributed by atoms with E-state index in [9.17, 15) is 18.0 Å². The van der Waals surface area contributed by atoms with Crippen LogP contribution in [0.2, 0.25) is 0 Å². The molecule has 6 nitrogen and oxygen atoms in total. The number of ether oxygens (including phenoxy) is 2. The van der Waals surface area contributed by atoms with E-state index in [0.29, 0.717) is 29.9 Å². The molecule has 1 amide bonds. The van der Waals surface area contributed by atoms with Gasteiger partial charge in [-0.2, -0.15) is 13.2 Å². The van der Waals surface area contributed by atoms with Crippen molar-refractivity contribution in [3.05, 3.63) is 41.6 Å². The van der Waals surface area contributed by atoms with Crippen molar-refractivity contribution < 1.29 is 32.5 Å². The monoisotopic (exact) mass is 368 g/mol. The molecule has 0 radical (unpaired) electrons. The molecule has 1 aliphatic heterocycles. The summed E-state index contributed by atoms with van der Waals surface area (Å²) in [5.74, 6) is -0.0712. The molecule has 1 aliphatic rings. The molecule has 0 aliphatic carbocycles. The molecule has 2 N–H and O–H groups in total. The number of aromatic nitrogens is 1. The number of carboxylic acid groups (broad SMARTS) is 1. The Kier molecular flexibility index (Phi) is 4.62. The van der Waals surface area contributed by atoms with Crippen molar-refractivity contribution >= 4 is 6.09 Å². The van der Waals surface area contributed by atoms with Crippen LogP contribution in [0.5, 0.6) is 11.6 Å². The van der Waals surface area contributed by atoms with Gasteiger partial charge in [0.15, 0.2) is 0 Å². The molecule has 0 fully saturated rings. The minimum absolute atomic E-state index is 0.248. The zero-order chi connectivity index (χ0) is 18.9. The SMILES string of the molecule is COc1ncc(-c2ccc3c(c2)OCCC3NC(=O)O)cc1C(F)(F)F. The second kappa shape index (κ2) is 6.74. The number of fused-ring (bicyclic) bond motifs is 1. The lowest BCUT2D eigenvalue weighted by atomic mass is 9.96. The van der Waals surface area contributed by atoms with Crippen molar-refractivity contribution in [1.29, 1.82) is 0 Å². The minimum atomic E-state index is -4.60. The fraction of sp³-hybridized carbons (Fsp3) is 0.294. The van der Waals surface area contributed by atoms with Crippen molar-refractivity contribution in [3.8, 4) is 22.8 Å². The first-order chi connectivity index (χ1) is 12.3. The summed E-state index contributed by atoms with van der Waals surface area (Å²) >= 11 is 0. The quantitative estimate of drug-likeness (QED) is 0.860. The molecule has 1 aromatic heterocycles. The number of rotatable bonds is 3. The molecule has 0 spiro atoms. The lowest BCUT2D eigenvalue weighted by Crippen LogP contribution is -2.30. The number of hydrogen-bond donors (Lipinski definition) is 2.